The standard InChI is InChI=1S/C12H9F5N2O5/c13-6-2-1-3-7(10(6)14)19(11(24)12(15,16)17)18(4-8(20)21)5-9(22)23/h1-3H,4-5H2,(H,20,21)(H,22,23). The van der Waals surface area contributed by atoms with Gasteiger partial charge in [0, 0.05) is 0 Å². The third-order valence-corrected chi connectivity index (χ3v) is 2.51. The number of rotatable bonds is 6. The summed E-state index contributed by atoms with van der Waals surface area (Å²) in [4.78, 5) is 33.0. The van der Waals surface area contributed by atoms with E-state index in [9.17, 15) is 36.3 Å². The first-order valence-corrected chi connectivity index (χ1v) is 5.99. The zero-order valence-corrected chi connectivity index (χ0v) is 11.5. The lowest BCUT2D eigenvalue weighted by molar-refractivity contribution is -0.174. The van der Waals surface area contributed by atoms with Gasteiger partial charge in [0.1, 0.15) is 18.8 Å². The number of hydrogen-bond donors (Lipinski definition) is 2. The molecule has 1 amide bonds. The van der Waals surface area contributed by atoms with Crippen LogP contribution in [0.3, 0.4) is 0 Å². The molecule has 0 aliphatic carbocycles. The Labute approximate surface area is 130 Å². The molecule has 0 aliphatic rings. The summed E-state index contributed by atoms with van der Waals surface area (Å²) in [5.41, 5.74) is -1.28. The van der Waals surface area contributed by atoms with E-state index < -0.39 is 59.4 Å². The minimum atomic E-state index is -5.60. The van der Waals surface area contributed by atoms with Crippen molar-refractivity contribution in [2.75, 3.05) is 18.1 Å². The smallest absolute Gasteiger partial charge is 0.473 e. The van der Waals surface area contributed by atoms with Crippen molar-refractivity contribution in [3.63, 3.8) is 0 Å². The fourth-order valence-corrected chi connectivity index (χ4v) is 1.68. The molecule has 1 rings (SSSR count). The second-order valence-electron chi connectivity index (χ2n) is 4.30. The van der Waals surface area contributed by atoms with Gasteiger partial charge >= 0.3 is 24.0 Å². The van der Waals surface area contributed by atoms with Crippen molar-refractivity contribution in [2.45, 2.75) is 6.18 Å². The Kier molecular flexibility index (Phi) is 5.79. The Morgan fingerprint density at radius 2 is 1.50 bits per heavy atom. The molecule has 0 bridgehead atoms. The van der Waals surface area contributed by atoms with Gasteiger partial charge in [0.15, 0.2) is 11.6 Å². The van der Waals surface area contributed by atoms with E-state index >= 15 is 0 Å². The van der Waals surface area contributed by atoms with Crippen LogP contribution in [0.2, 0.25) is 0 Å². The molecule has 7 nitrogen and oxygen atoms in total. The molecule has 0 saturated carbocycles. The Bertz CT molecular complexity index is 648. The molecule has 0 saturated heterocycles. The lowest BCUT2D eigenvalue weighted by Gasteiger charge is -2.33. The van der Waals surface area contributed by atoms with Crippen LogP contribution in [-0.2, 0) is 14.4 Å². The summed E-state index contributed by atoms with van der Waals surface area (Å²) in [7, 11) is 0. The molecule has 12 heteroatoms. The summed E-state index contributed by atoms with van der Waals surface area (Å²) >= 11 is 0. The highest BCUT2D eigenvalue weighted by Gasteiger charge is 2.46. The van der Waals surface area contributed by atoms with Crippen LogP contribution >= 0.6 is 0 Å². The monoisotopic (exact) mass is 356 g/mol. The quantitative estimate of drug-likeness (QED) is 0.588. The van der Waals surface area contributed by atoms with Crippen LogP contribution in [0, 0.1) is 11.6 Å². The maximum Gasteiger partial charge on any atom is 0.473 e. The van der Waals surface area contributed by atoms with Gasteiger partial charge in [-0.2, -0.15) is 18.2 Å². The van der Waals surface area contributed by atoms with E-state index in [0.717, 1.165) is 6.07 Å². The average Bonchev–Trinajstić information content (AvgIpc) is 2.41. The molecule has 1 aromatic carbocycles. The van der Waals surface area contributed by atoms with E-state index in [0.29, 0.717) is 12.1 Å². The van der Waals surface area contributed by atoms with Crippen LogP contribution in [-0.4, -0.2) is 52.3 Å². The highest BCUT2D eigenvalue weighted by atomic mass is 19.4. The van der Waals surface area contributed by atoms with Crippen molar-refractivity contribution in [1.82, 2.24) is 5.01 Å². The zero-order valence-electron chi connectivity index (χ0n) is 11.5. The molecule has 132 valence electrons. The van der Waals surface area contributed by atoms with Crippen LogP contribution in [0.1, 0.15) is 0 Å². The Morgan fingerprint density at radius 1 is 1.00 bits per heavy atom. The number of amides is 1. The van der Waals surface area contributed by atoms with Gasteiger partial charge in [-0.05, 0) is 12.1 Å². The molecule has 0 spiro atoms. The second-order valence-corrected chi connectivity index (χ2v) is 4.30. The van der Waals surface area contributed by atoms with Crippen LogP contribution in [0.4, 0.5) is 27.6 Å². The molecule has 0 unspecified atom stereocenters. The van der Waals surface area contributed by atoms with Crippen molar-refractivity contribution < 1.29 is 46.5 Å². The fraction of sp³-hybridized carbons (Fsp3) is 0.250. The Hall–Kier alpha value is -2.76. The first-order valence-electron chi connectivity index (χ1n) is 5.99. The molecule has 0 radical (unpaired) electrons. The van der Waals surface area contributed by atoms with E-state index in [-0.39, 0.29) is 5.01 Å². The number of carbonyl (C=O) groups is 3. The number of aliphatic carboxylic acids is 2. The summed E-state index contributed by atoms with van der Waals surface area (Å²) in [5.74, 6) is -9.87. The van der Waals surface area contributed by atoms with E-state index in [1.807, 2.05) is 0 Å². The van der Waals surface area contributed by atoms with Gasteiger partial charge < -0.3 is 10.2 Å². The van der Waals surface area contributed by atoms with Crippen molar-refractivity contribution in [3.05, 3.63) is 29.8 Å². The van der Waals surface area contributed by atoms with Gasteiger partial charge in [-0.25, -0.2) is 13.8 Å². The average molecular weight is 356 g/mol. The van der Waals surface area contributed by atoms with Gasteiger partial charge in [0.2, 0.25) is 0 Å². The first-order chi connectivity index (χ1) is 10.9. The van der Waals surface area contributed by atoms with Crippen LogP contribution < -0.4 is 5.01 Å². The van der Waals surface area contributed by atoms with Gasteiger partial charge in [-0.1, -0.05) is 6.07 Å². The predicted octanol–water partition coefficient (Wildman–Crippen LogP) is 1.25. The number of carbonyl (C=O) groups excluding carboxylic acids is 1. The summed E-state index contributed by atoms with van der Waals surface area (Å²) in [6.07, 6.45) is -5.60. The van der Waals surface area contributed by atoms with Crippen LogP contribution in [0.5, 0.6) is 0 Å². The van der Waals surface area contributed by atoms with Crippen molar-refractivity contribution in [2.24, 2.45) is 0 Å². The molecular weight excluding hydrogens is 347 g/mol. The fourth-order valence-electron chi connectivity index (χ4n) is 1.68. The number of halogens is 5. The van der Waals surface area contributed by atoms with E-state index in [1.165, 1.54) is 0 Å². The van der Waals surface area contributed by atoms with Crippen LogP contribution in [0.25, 0.3) is 0 Å². The summed E-state index contributed by atoms with van der Waals surface area (Å²) in [5, 5.41) is 16.7. The largest absolute Gasteiger partial charge is 0.480 e. The summed E-state index contributed by atoms with van der Waals surface area (Å²) in [6.45, 7) is -2.77. The molecular formula is C12H9F5N2O5. The van der Waals surface area contributed by atoms with Gasteiger partial charge in [-0.3, -0.25) is 14.4 Å². The normalized spacial score (nSPS) is 11.4. The lowest BCUT2D eigenvalue weighted by Crippen LogP contribution is -2.55. The summed E-state index contributed by atoms with van der Waals surface area (Å²) in [6, 6.07) is 1.89. The third-order valence-electron chi connectivity index (χ3n) is 2.51. The second kappa shape index (κ2) is 7.21. The highest BCUT2D eigenvalue weighted by Crippen LogP contribution is 2.28. The lowest BCUT2D eigenvalue weighted by atomic mass is 10.2. The van der Waals surface area contributed by atoms with Gasteiger partial charge in [0.05, 0.1) is 0 Å². The number of anilines is 1. The number of benzene rings is 1. The Balaban J connectivity index is 3.50. The number of hydrogen-bond acceptors (Lipinski definition) is 4. The first kappa shape index (κ1) is 19.3. The maximum atomic E-state index is 13.8. The van der Waals surface area contributed by atoms with E-state index in [1.54, 1.807) is 0 Å². The van der Waals surface area contributed by atoms with Crippen molar-refractivity contribution in [1.29, 1.82) is 0 Å². The molecule has 0 heterocycles. The molecule has 1 aromatic rings. The van der Waals surface area contributed by atoms with E-state index in [2.05, 4.69) is 0 Å². The minimum Gasteiger partial charge on any atom is -0.480 e. The van der Waals surface area contributed by atoms with Crippen molar-refractivity contribution >= 4 is 23.5 Å². The number of nitrogens with zero attached hydrogens (tertiary/aromatic N) is 2. The van der Waals surface area contributed by atoms with Crippen LogP contribution in [0.15, 0.2) is 18.2 Å². The van der Waals surface area contributed by atoms with Gasteiger partial charge in [0.25, 0.3) is 0 Å². The zero-order chi connectivity index (χ0) is 18.7. The highest BCUT2D eigenvalue weighted by molar-refractivity contribution is 5.97. The predicted molar refractivity (Wildman–Crippen MR) is 66.7 cm³/mol. The number of carboxylic acids is 2. The van der Waals surface area contributed by atoms with Crippen molar-refractivity contribution in [3.8, 4) is 0 Å². The Morgan fingerprint density at radius 3 is 1.92 bits per heavy atom. The molecule has 0 aliphatic heterocycles. The number of alkyl halides is 3. The minimum absolute atomic E-state index is 0.0850. The molecule has 2 N–H and O–H groups in total. The molecule has 0 aromatic heterocycles. The molecule has 0 atom stereocenters. The maximum absolute atomic E-state index is 13.8. The SMILES string of the molecule is O=C(O)CN(CC(=O)O)N(C(=O)C(F)(F)F)c1cccc(F)c1F. The van der Waals surface area contributed by atoms with Gasteiger partial charge in [-0.15, -0.1) is 0 Å². The third kappa shape index (κ3) is 4.62. The topological polar surface area (TPSA) is 98.2 Å². The summed E-state index contributed by atoms with van der Waals surface area (Å²) < 4.78 is 65.2. The molecule has 0 fully saturated rings. The number of carboxylic acid groups (broad SMARTS) is 2. The molecule has 24 heavy (non-hydrogen) atoms. The van der Waals surface area contributed by atoms with E-state index in [4.69, 9.17) is 10.2 Å². The number of hydrazine groups is 1.